The van der Waals surface area contributed by atoms with E-state index in [0.717, 1.165) is 30.1 Å². The second-order valence-corrected chi connectivity index (χ2v) is 8.65. The number of hydrogen-bond donors (Lipinski definition) is 0. The van der Waals surface area contributed by atoms with Crippen LogP contribution >= 0.6 is 0 Å². The number of amides is 2. The van der Waals surface area contributed by atoms with Crippen molar-refractivity contribution in [1.82, 2.24) is 19.4 Å². The van der Waals surface area contributed by atoms with Gasteiger partial charge >= 0.3 is 0 Å². The Balaban J connectivity index is 1.55. The van der Waals surface area contributed by atoms with Gasteiger partial charge in [0.05, 0.1) is 37.8 Å². The molecule has 2 aliphatic heterocycles. The Kier molecular flexibility index (Phi) is 7.64. The average Bonchev–Trinajstić information content (AvgIpc) is 3.48. The summed E-state index contributed by atoms with van der Waals surface area (Å²) in [6.45, 7) is 5.76. The molecule has 2 amide bonds. The molecule has 9 nitrogen and oxygen atoms in total. The highest BCUT2D eigenvalue weighted by Crippen LogP contribution is 2.37. The minimum absolute atomic E-state index is 0.0186. The Morgan fingerprint density at radius 2 is 1.94 bits per heavy atom. The SMILES string of the molecule is COc1ccccc1[C@H]1CC(c2cccn2C)=NN1C(=O)CN(CCN1CCOCC1)C(C)=O. The number of aromatic nitrogens is 1. The van der Waals surface area contributed by atoms with Crippen molar-refractivity contribution in [2.24, 2.45) is 12.1 Å². The van der Waals surface area contributed by atoms with E-state index in [1.807, 2.05) is 54.2 Å². The van der Waals surface area contributed by atoms with Crippen LogP contribution in [0.2, 0.25) is 0 Å². The average molecular weight is 468 g/mol. The number of para-hydroxylation sites is 1. The van der Waals surface area contributed by atoms with E-state index in [9.17, 15) is 9.59 Å². The smallest absolute Gasteiger partial charge is 0.262 e. The third-order valence-corrected chi connectivity index (χ3v) is 6.46. The van der Waals surface area contributed by atoms with Crippen LogP contribution in [0.5, 0.6) is 5.75 Å². The summed E-state index contributed by atoms with van der Waals surface area (Å²) in [5.74, 6) is 0.378. The highest BCUT2D eigenvalue weighted by Gasteiger charge is 2.36. The summed E-state index contributed by atoms with van der Waals surface area (Å²) in [5.41, 5.74) is 2.69. The molecule has 0 bridgehead atoms. The highest BCUT2D eigenvalue weighted by molar-refractivity contribution is 6.02. The summed E-state index contributed by atoms with van der Waals surface area (Å²) in [6, 6.07) is 11.4. The lowest BCUT2D eigenvalue weighted by atomic mass is 9.99. The number of benzene rings is 1. The number of hydrazone groups is 1. The third kappa shape index (κ3) is 5.31. The number of methoxy groups -OCH3 is 1. The first kappa shape index (κ1) is 24.0. The Bertz CT molecular complexity index is 1040. The first-order chi connectivity index (χ1) is 16.5. The first-order valence-electron chi connectivity index (χ1n) is 11.7. The molecule has 2 aromatic rings. The van der Waals surface area contributed by atoms with E-state index in [1.54, 1.807) is 12.0 Å². The van der Waals surface area contributed by atoms with Crippen molar-refractivity contribution in [3.63, 3.8) is 0 Å². The van der Waals surface area contributed by atoms with Gasteiger partial charge in [0.2, 0.25) is 5.91 Å². The maximum absolute atomic E-state index is 13.5. The molecule has 0 unspecified atom stereocenters. The van der Waals surface area contributed by atoms with Gasteiger partial charge in [-0.15, -0.1) is 0 Å². The molecule has 1 saturated heterocycles. The van der Waals surface area contributed by atoms with E-state index in [1.165, 1.54) is 11.9 Å². The molecule has 2 aliphatic rings. The maximum Gasteiger partial charge on any atom is 0.262 e. The summed E-state index contributed by atoms with van der Waals surface area (Å²) in [7, 11) is 3.59. The summed E-state index contributed by atoms with van der Waals surface area (Å²) in [6.07, 6.45) is 2.53. The van der Waals surface area contributed by atoms with Gasteiger partial charge < -0.3 is 18.9 Å². The number of carbonyl (C=O) groups is 2. The van der Waals surface area contributed by atoms with Crippen molar-refractivity contribution >= 4 is 17.5 Å². The van der Waals surface area contributed by atoms with Gasteiger partial charge in [-0.25, -0.2) is 5.01 Å². The molecule has 34 heavy (non-hydrogen) atoms. The monoisotopic (exact) mass is 467 g/mol. The topological polar surface area (TPSA) is 79.6 Å². The van der Waals surface area contributed by atoms with E-state index >= 15 is 0 Å². The predicted molar refractivity (Wildman–Crippen MR) is 129 cm³/mol. The Morgan fingerprint density at radius 1 is 1.18 bits per heavy atom. The zero-order valence-corrected chi connectivity index (χ0v) is 20.1. The van der Waals surface area contributed by atoms with Gasteiger partial charge in [0, 0.05) is 58.3 Å². The molecular weight excluding hydrogens is 434 g/mol. The molecule has 4 rings (SSSR count). The fraction of sp³-hybridized carbons (Fsp3) is 0.480. The van der Waals surface area contributed by atoms with Gasteiger partial charge in [0.15, 0.2) is 0 Å². The normalized spacial score (nSPS) is 18.6. The molecule has 0 saturated carbocycles. The largest absolute Gasteiger partial charge is 0.496 e. The number of morpholine rings is 1. The lowest BCUT2D eigenvalue weighted by Gasteiger charge is -2.30. The van der Waals surface area contributed by atoms with Gasteiger partial charge in [-0.1, -0.05) is 18.2 Å². The van der Waals surface area contributed by atoms with Gasteiger partial charge in [-0.05, 0) is 18.2 Å². The van der Waals surface area contributed by atoms with Crippen LogP contribution in [-0.4, -0.2) is 89.9 Å². The minimum atomic E-state index is -0.304. The number of nitrogens with zero attached hydrogens (tertiary/aromatic N) is 5. The summed E-state index contributed by atoms with van der Waals surface area (Å²) in [5, 5.41) is 6.28. The molecule has 3 heterocycles. The number of carbonyl (C=O) groups excluding carboxylic acids is 2. The van der Waals surface area contributed by atoms with E-state index in [-0.39, 0.29) is 24.4 Å². The van der Waals surface area contributed by atoms with Crippen LogP contribution in [0.25, 0.3) is 0 Å². The van der Waals surface area contributed by atoms with Crippen LogP contribution in [0.3, 0.4) is 0 Å². The first-order valence-corrected chi connectivity index (χ1v) is 11.7. The zero-order chi connectivity index (χ0) is 24.1. The molecule has 1 fully saturated rings. The number of hydrogen-bond acceptors (Lipinski definition) is 6. The molecule has 0 aliphatic carbocycles. The number of ether oxygens (including phenoxy) is 2. The highest BCUT2D eigenvalue weighted by atomic mass is 16.5. The lowest BCUT2D eigenvalue weighted by molar-refractivity contribution is -0.140. The van der Waals surface area contributed by atoms with Gasteiger partial charge in [-0.3, -0.25) is 14.5 Å². The molecule has 0 N–H and O–H groups in total. The van der Waals surface area contributed by atoms with Gasteiger partial charge in [0.25, 0.3) is 5.91 Å². The third-order valence-electron chi connectivity index (χ3n) is 6.46. The van der Waals surface area contributed by atoms with Crippen molar-refractivity contribution in [2.75, 3.05) is 53.0 Å². The number of aryl methyl sites for hydroxylation is 1. The molecule has 1 aromatic carbocycles. The Morgan fingerprint density at radius 3 is 2.62 bits per heavy atom. The molecule has 0 radical (unpaired) electrons. The van der Waals surface area contributed by atoms with Crippen molar-refractivity contribution in [2.45, 2.75) is 19.4 Å². The standard InChI is InChI=1S/C25H33N5O4/c1-19(31)29(12-11-28-13-15-34-16-14-28)18-25(32)30-23(20-7-4-5-9-24(20)33-3)17-21(26-30)22-8-6-10-27(22)2/h4-10,23H,11-18H2,1-3H3/t23-/m1/s1. The van der Waals surface area contributed by atoms with E-state index in [0.29, 0.717) is 38.5 Å². The maximum atomic E-state index is 13.5. The lowest BCUT2D eigenvalue weighted by Crippen LogP contribution is -2.46. The minimum Gasteiger partial charge on any atom is -0.496 e. The van der Waals surface area contributed by atoms with Crippen molar-refractivity contribution in [3.05, 3.63) is 53.9 Å². The summed E-state index contributed by atoms with van der Waals surface area (Å²) in [4.78, 5) is 29.8. The van der Waals surface area contributed by atoms with E-state index in [2.05, 4.69) is 4.90 Å². The second kappa shape index (κ2) is 10.8. The predicted octanol–water partition coefficient (Wildman–Crippen LogP) is 1.89. The molecule has 9 heteroatoms. The fourth-order valence-electron chi connectivity index (χ4n) is 4.51. The fourth-order valence-corrected chi connectivity index (χ4v) is 4.51. The van der Waals surface area contributed by atoms with Crippen LogP contribution in [0.15, 0.2) is 47.7 Å². The van der Waals surface area contributed by atoms with Crippen molar-refractivity contribution in [3.8, 4) is 5.75 Å². The van der Waals surface area contributed by atoms with Crippen LogP contribution in [-0.2, 0) is 21.4 Å². The molecular formula is C25H33N5O4. The van der Waals surface area contributed by atoms with Crippen LogP contribution < -0.4 is 4.74 Å². The van der Waals surface area contributed by atoms with Crippen LogP contribution in [0.4, 0.5) is 0 Å². The molecule has 1 atom stereocenters. The molecule has 182 valence electrons. The van der Waals surface area contributed by atoms with Crippen LogP contribution in [0, 0.1) is 0 Å². The Hall–Kier alpha value is -3.17. The van der Waals surface area contributed by atoms with Gasteiger partial charge in [-0.2, -0.15) is 5.10 Å². The molecule has 0 spiro atoms. The van der Waals surface area contributed by atoms with Crippen molar-refractivity contribution < 1.29 is 19.1 Å². The van der Waals surface area contributed by atoms with Crippen molar-refractivity contribution in [1.29, 1.82) is 0 Å². The van der Waals surface area contributed by atoms with Crippen LogP contribution in [0.1, 0.15) is 30.6 Å². The molecule has 1 aromatic heterocycles. The van der Waals surface area contributed by atoms with E-state index in [4.69, 9.17) is 14.6 Å². The zero-order valence-electron chi connectivity index (χ0n) is 20.1. The summed E-state index contributed by atoms with van der Waals surface area (Å²) >= 11 is 0. The van der Waals surface area contributed by atoms with Gasteiger partial charge in [0.1, 0.15) is 12.3 Å². The number of rotatable bonds is 8. The quantitative estimate of drug-likeness (QED) is 0.593. The Labute approximate surface area is 200 Å². The summed E-state index contributed by atoms with van der Waals surface area (Å²) < 4.78 is 13.0. The van der Waals surface area contributed by atoms with E-state index < -0.39 is 0 Å². The second-order valence-electron chi connectivity index (χ2n) is 8.65.